The molecule has 2 N–H and O–H groups in total. The molecular weight excluding hydrogens is 284 g/mol. The number of hydrogen-bond donors (Lipinski definition) is 2. The SMILES string of the molecule is Cc1ccc(Cl)cc1NC(=O)CNCC1CC2CCC1C2. The van der Waals surface area contributed by atoms with Crippen LogP contribution >= 0.6 is 11.6 Å². The number of anilines is 1. The van der Waals surface area contributed by atoms with Gasteiger partial charge >= 0.3 is 0 Å². The van der Waals surface area contributed by atoms with Crippen molar-refractivity contribution in [2.24, 2.45) is 17.8 Å². The van der Waals surface area contributed by atoms with Gasteiger partial charge in [-0.2, -0.15) is 0 Å². The Balaban J connectivity index is 1.43. The summed E-state index contributed by atoms with van der Waals surface area (Å²) in [6, 6.07) is 5.55. The Morgan fingerprint density at radius 3 is 2.90 bits per heavy atom. The van der Waals surface area contributed by atoms with Crippen molar-refractivity contribution in [2.45, 2.75) is 32.6 Å². The molecule has 1 aromatic carbocycles. The van der Waals surface area contributed by atoms with Gasteiger partial charge in [0.25, 0.3) is 0 Å². The number of amides is 1. The predicted octanol–water partition coefficient (Wildman–Crippen LogP) is 3.61. The van der Waals surface area contributed by atoms with Crippen LogP contribution in [0.3, 0.4) is 0 Å². The molecule has 3 nitrogen and oxygen atoms in total. The molecule has 3 atom stereocenters. The second-order valence-electron chi connectivity index (χ2n) is 6.57. The zero-order valence-corrected chi connectivity index (χ0v) is 13.2. The van der Waals surface area contributed by atoms with Crippen LogP contribution in [0.15, 0.2) is 18.2 Å². The van der Waals surface area contributed by atoms with Crippen LogP contribution in [0, 0.1) is 24.7 Å². The van der Waals surface area contributed by atoms with Gasteiger partial charge in [0.2, 0.25) is 5.91 Å². The molecule has 0 heterocycles. The zero-order chi connectivity index (χ0) is 14.8. The van der Waals surface area contributed by atoms with Gasteiger partial charge in [0.05, 0.1) is 6.54 Å². The molecule has 2 bridgehead atoms. The third kappa shape index (κ3) is 3.58. The van der Waals surface area contributed by atoms with E-state index in [9.17, 15) is 4.79 Å². The second kappa shape index (κ2) is 6.37. The lowest BCUT2D eigenvalue weighted by atomic mass is 9.89. The van der Waals surface area contributed by atoms with Gasteiger partial charge in [-0.3, -0.25) is 4.79 Å². The smallest absolute Gasteiger partial charge is 0.238 e. The molecule has 1 amide bonds. The fraction of sp³-hybridized carbons (Fsp3) is 0.588. The molecule has 0 spiro atoms. The lowest BCUT2D eigenvalue weighted by molar-refractivity contribution is -0.115. The van der Waals surface area contributed by atoms with E-state index >= 15 is 0 Å². The van der Waals surface area contributed by atoms with Crippen LogP contribution in [-0.2, 0) is 4.79 Å². The predicted molar refractivity (Wildman–Crippen MR) is 86.6 cm³/mol. The summed E-state index contributed by atoms with van der Waals surface area (Å²) in [4.78, 5) is 12.0. The van der Waals surface area contributed by atoms with Gasteiger partial charge in [0.15, 0.2) is 0 Å². The first-order chi connectivity index (χ1) is 10.1. The first-order valence-electron chi connectivity index (χ1n) is 7.88. The first kappa shape index (κ1) is 14.9. The summed E-state index contributed by atoms with van der Waals surface area (Å²) in [6.07, 6.45) is 5.59. The highest BCUT2D eigenvalue weighted by atomic mass is 35.5. The molecule has 2 aliphatic rings. The van der Waals surface area contributed by atoms with Crippen molar-refractivity contribution in [1.82, 2.24) is 5.32 Å². The van der Waals surface area contributed by atoms with Crippen LogP contribution in [0.4, 0.5) is 5.69 Å². The summed E-state index contributed by atoms with van der Waals surface area (Å²) in [5.74, 6) is 2.65. The van der Waals surface area contributed by atoms with Crippen molar-refractivity contribution in [3.05, 3.63) is 28.8 Å². The minimum atomic E-state index is 0.00326. The maximum atomic E-state index is 12.0. The Hall–Kier alpha value is -1.06. The largest absolute Gasteiger partial charge is 0.325 e. The maximum Gasteiger partial charge on any atom is 0.238 e. The average molecular weight is 307 g/mol. The van der Waals surface area contributed by atoms with Crippen molar-refractivity contribution in [1.29, 1.82) is 0 Å². The monoisotopic (exact) mass is 306 g/mol. The van der Waals surface area contributed by atoms with E-state index < -0.39 is 0 Å². The normalized spacial score (nSPS) is 27.0. The molecule has 3 unspecified atom stereocenters. The lowest BCUT2D eigenvalue weighted by Gasteiger charge is -2.21. The van der Waals surface area contributed by atoms with Gasteiger partial charge in [0, 0.05) is 10.7 Å². The van der Waals surface area contributed by atoms with E-state index in [4.69, 9.17) is 11.6 Å². The maximum absolute atomic E-state index is 12.0. The zero-order valence-electron chi connectivity index (χ0n) is 12.5. The molecule has 114 valence electrons. The van der Waals surface area contributed by atoms with Crippen LogP contribution in [0.5, 0.6) is 0 Å². The molecule has 0 aliphatic heterocycles. The number of nitrogens with one attached hydrogen (secondary N) is 2. The fourth-order valence-electron chi connectivity index (χ4n) is 3.92. The summed E-state index contributed by atoms with van der Waals surface area (Å²) in [5, 5.41) is 6.89. The lowest BCUT2D eigenvalue weighted by Crippen LogP contribution is -2.33. The first-order valence-corrected chi connectivity index (χ1v) is 8.26. The average Bonchev–Trinajstić information content (AvgIpc) is 3.05. The molecule has 21 heavy (non-hydrogen) atoms. The van der Waals surface area contributed by atoms with Crippen LogP contribution < -0.4 is 10.6 Å². The van der Waals surface area contributed by atoms with Crippen molar-refractivity contribution in [3.63, 3.8) is 0 Å². The van der Waals surface area contributed by atoms with Gasteiger partial charge in [-0.15, -0.1) is 0 Å². The van der Waals surface area contributed by atoms with Crippen molar-refractivity contribution in [2.75, 3.05) is 18.4 Å². The summed E-state index contributed by atoms with van der Waals surface area (Å²) < 4.78 is 0. The number of hydrogen-bond acceptors (Lipinski definition) is 2. The summed E-state index contributed by atoms with van der Waals surface area (Å²) in [5.41, 5.74) is 1.83. The van der Waals surface area contributed by atoms with Crippen LogP contribution in [0.2, 0.25) is 5.02 Å². The highest BCUT2D eigenvalue weighted by molar-refractivity contribution is 6.31. The minimum Gasteiger partial charge on any atom is -0.325 e. The van der Waals surface area contributed by atoms with E-state index in [0.717, 1.165) is 35.5 Å². The number of rotatable bonds is 5. The third-order valence-electron chi connectivity index (χ3n) is 5.05. The summed E-state index contributed by atoms with van der Waals surface area (Å²) >= 11 is 5.96. The molecule has 0 radical (unpaired) electrons. The minimum absolute atomic E-state index is 0.00326. The molecule has 2 aliphatic carbocycles. The van der Waals surface area contributed by atoms with Crippen LogP contribution in [0.25, 0.3) is 0 Å². The molecular formula is C17H23ClN2O. The second-order valence-corrected chi connectivity index (χ2v) is 7.01. The van der Waals surface area contributed by atoms with Gasteiger partial charge in [-0.25, -0.2) is 0 Å². The molecule has 2 fully saturated rings. The number of benzene rings is 1. The fourth-order valence-corrected chi connectivity index (χ4v) is 4.09. The summed E-state index contributed by atoms with van der Waals surface area (Å²) in [6.45, 7) is 3.32. The number of carbonyl (C=O) groups is 1. The molecule has 4 heteroatoms. The Morgan fingerprint density at radius 2 is 2.19 bits per heavy atom. The quantitative estimate of drug-likeness (QED) is 0.872. The van der Waals surface area contributed by atoms with Gasteiger partial charge in [-0.1, -0.05) is 24.1 Å². The Labute approximate surface area is 131 Å². The third-order valence-corrected chi connectivity index (χ3v) is 5.29. The van der Waals surface area contributed by atoms with E-state index in [1.165, 1.54) is 25.7 Å². The Bertz CT molecular complexity index is 532. The Morgan fingerprint density at radius 1 is 1.33 bits per heavy atom. The van der Waals surface area contributed by atoms with Crippen LogP contribution in [-0.4, -0.2) is 19.0 Å². The van der Waals surface area contributed by atoms with E-state index in [2.05, 4.69) is 10.6 Å². The summed E-state index contributed by atoms with van der Waals surface area (Å²) in [7, 11) is 0. The topological polar surface area (TPSA) is 41.1 Å². The van der Waals surface area contributed by atoms with Gasteiger partial charge < -0.3 is 10.6 Å². The Kier molecular flexibility index (Phi) is 4.51. The number of aryl methyl sites for hydroxylation is 1. The molecule has 0 saturated heterocycles. The van der Waals surface area contributed by atoms with E-state index in [1.807, 2.05) is 19.1 Å². The van der Waals surface area contributed by atoms with E-state index in [0.29, 0.717) is 11.6 Å². The van der Waals surface area contributed by atoms with Crippen molar-refractivity contribution < 1.29 is 4.79 Å². The van der Waals surface area contributed by atoms with Gasteiger partial charge in [0.1, 0.15) is 0 Å². The molecule has 1 aromatic rings. The van der Waals surface area contributed by atoms with Crippen LogP contribution in [0.1, 0.15) is 31.2 Å². The van der Waals surface area contributed by atoms with E-state index in [1.54, 1.807) is 6.07 Å². The molecule has 0 aromatic heterocycles. The molecule has 2 saturated carbocycles. The van der Waals surface area contributed by atoms with Gasteiger partial charge in [-0.05, 0) is 68.2 Å². The van der Waals surface area contributed by atoms with Crippen molar-refractivity contribution >= 4 is 23.2 Å². The number of halogens is 1. The number of carbonyl (C=O) groups excluding carboxylic acids is 1. The van der Waals surface area contributed by atoms with Crippen molar-refractivity contribution in [3.8, 4) is 0 Å². The highest BCUT2D eigenvalue weighted by Crippen LogP contribution is 2.47. The highest BCUT2D eigenvalue weighted by Gasteiger charge is 2.38. The molecule has 3 rings (SSSR count). The standard InChI is InChI=1S/C17H23ClN2O/c1-11-2-5-15(18)8-16(11)20-17(21)10-19-9-14-7-12-3-4-13(14)6-12/h2,5,8,12-14,19H,3-4,6-7,9-10H2,1H3,(H,20,21). The van der Waals surface area contributed by atoms with E-state index in [-0.39, 0.29) is 5.91 Å². The number of fused-ring (bicyclic) bond motifs is 2.